The lowest BCUT2D eigenvalue weighted by Gasteiger charge is -2.03. The van der Waals surface area contributed by atoms with Crippen molar-refractivity contribution >= 4 is 12.2 Å². The van der Waals surface area contributed by atoms with E-state index in [0.29, 0.717) is 4.64 Å². The molecule has 0 aliphatic carbocycles. The third-order valence-corrected chi connectivity index (χ3v) is 2.45. The average molecular weight is 203 g/mol. The van der Waals surface area contributed by atoms with E-state index in [1.54, 1.807) is 18.7 Å². The zero-order chi connectivity index (χ0) is 9.97. The normalized spacial score (nSPS) is 10.1. The lowest BCUT2D eigenvalue weighted by molar-refractivity contribution is 1.11. The molecule has 2 aromatic rings. The second-order valence-corrected chi connectivity index (χ2v) is 3.34. The summed E-state index contributed by atoms with van der Waals surface area (Å²) in [5.74, 6) is 0. The molecule has 0 aliphatic rings. The number of hydrogen-bond donors (Lipinski definition) is 1. The number of pyridine rings is 1. The number of hydrogen-bond acceptors (Lipinski definition) is 3. The molecule has 1 N–H and O–H groups in total. The van der Waals surface area contributed by atoms with Gasteiger partial charge in [-0.15, -0.1) is 0 Å². The van der Waals surface area contributed by atoms with E-state index in [1.807, 2.05) is 19.1 Å². The summed E-state index contributed by atoms with van der Waals surface area (Å²) >= 11 is 5.09. The molecule has 14 heavy (non-hydrogen) atoms. The van der Waals surface area contributed by atoms with Gasteiger partial charge in [0.2, 0.25) is 0 Å². The predicted molar refractivity (Wildman–Crippen MR) is 57.4 cm³/mol. The summed E-state index contributed by atoms with van der Waals surface area (Å²) in [6.45, 7) is 1.95. The van der Waals surface area contributed by atoms with Crippen molar-refractivity contribution in [2.75, 3.05) is 0 Å². The molecule has 0 aliphatic heterocycles. The summed E-state index contributed by atoms with van der Waals surface area (Å²) in [6, 6.07) is 3.88. The van der Waals surface area contributed by atoms with Crippen LogP contribution in [-0.2, 0) is 0 Å². The highest BCUT2D eigenvalue weighted by Crippen LogP contribution is 2.18. The van der Waals surface area contributed by atoms with Crippen LogP contribution in [-0.4, -0.2) is 15.0 Å². The molecule has 0 saturated carbocycles. The molecule has 0 fully saturated rings. The van der Waals surface area contributed by atoms with E-state index in [1.165, 1.54) is 0 Å². The third kappa shape index (κ3) is 1.56. The summed E-state index contributed by atoms with van der Waals surface area (Å²) in [5, 5.41) is 0. The second kappa shape index (κ2) is 3.67. The van der Waals surface area contributed by atoms with E-state index in [0.717, 1.165) is 16.8 Å². The van der Waals surface area contributed by atoms with Crippen molar-refractivity contribution in [1.82, 2.24) is 15.0 Å². The Bertz CT molecular complexity index is 490. The maximum Gasteiger partial charge on any atom is 0.132 e. The molecule has 0 amide bonds. The summed E-state index contributed by atoms with van der Waals surface area (Å²) in [5.41, 5.74) is 2.99. The van der Waals surface area contributed by atoms with Gasteiger partial charge in [0.25, 0.3) is 0 Å². The highest BCUT2D eigenvalue weighted by atomic mass is 32.1. The first kappa shape index (κ1) is 9.02. The van der Waals surface area contributed by atoms with Crippen LogP contribution in [0.3, 0.4) is 0 Å². The molecule has 2 aromatic heterocycles. The molecule has 0 saturated heterocycles. The molecule has 0 atom stereocenters. The zero-order valence-electron chi connectivity index (χ0n) is 7.69. The Morgan fingerprint density at radius 3 is 3.00 bits per heavy atom. The lowest BCUT2D eigenvalue weighted by atomic mass is 10.1. The molecular formula is C10H9N3S. The van der Waals surface area contributed by atoms with Crippen LogP contribution in [0.5, 0.6) is 0 Å². The molecule has 2 rings (SSSR count). The highest BCUT2D eigenvalue weighted by Gasteiger charge is 2.02. The molecular weight excluding hydrogens is 194 g/mol. The lowest BCUT2D eigenvalue weighted by Crippen LogP contribution is -1.91. The Morgan fingerprint density at radius 2 is 2.29 bits per heavy atom. The average Bonchev–Trinajstić information content (AvgIpc) is 2.23. The first-order valence-electron chi connectivity index (χ1n) is 4.24. The van der Waals surface area contributed by atoms with Gasteiger partial charge in [-0.25, -0.2) is 4.98 Å². The maximum absolute atomic E-state index is 5.09. The van der Waals surface area contributed by atoms with E-state index >= 15 is 0 Å². The SMILES string of the molecule is Cc1c(-c2cccnc2)[nH]cnc1=S. The first-order chi connectivity index (χ1) is 6.79. The molecule has 3 nitrogen and oxygen atoms in total. The Hall–Kier alpha value is -1.55. The molecule has 2 heterocycles. The summed E-state index contributed by atoms with van der Waals surface area (Å²) in [4.78, 5) is 11.1. The van der Waals surface area contributed by atoms with Gasteiger partial charge < -0.3 is 4.98 Å². The second-order valence-electron chi connectivity index (χ2n) is 2.95. The van der Waals surface area contributed by atoms with Crippen molar-refractivity contribution in [3.05, 3.63) is 41.1 Å². The zero-order valence-corrected chi connectivity index (χ0v) is 8.51. The Kier molecular flexibility index (Phi) is 2.37. The minimum Gasteiger partial charge on any atom is -0.345 e. The number of H-pyrrole nitrogens is 1. The summed E-state index contributed by atoms with van der Waals surface area (Å²) < 4.78 is 0.627. The van der Waals surface area contributed by atoms with E-state index in [4.69, 9.17) is 12.2 Å². The number of nitrogens with one attached hydrogen (secondary N) is 1. The molecule has 0 bridgehead atoms. The number of rotatable bonds is 1. The summed E-state index contributed by atoms with van der Waals surface area (Å²) in [7, 11) is 0. The van der Waals surface area contributed by atoms with Crippen LogP contribution in [0.2, 0.25) is 0 Å². The van der Waals surface area contributed by atoms with Crippen molar-refractivity contribution in [3.63, 3.8) is 0 Å². The Labute approximate surface area is 86.9 Å². The van der Waals surface area contributed by atoms with Gasteiger partial charge in [-0.3, -0.25) is 4.98 Å². The number of nitrogens with zero attached hydrogens (tertiary/aromatic N) is 2. The van der Waals surface area contributed by atoms with Crippen LogP contribution in [0.25, 0.3) is 11.3 Å². The first-order valence-corrected chi connectivity index (χ1v) is 4.64. The standard InChI is InChI=1S/C10H9N3S/c1-7-9(12-6-13-10(7)14)8-3-2-4-11-5-8/h2-6H,1H3,(H,12,13,14). The highest BCUT2D eigenvalue weighted by molar-refractivity contribution is 7.71. The molecule has 0 spiro atoms. The van der Waals surface area contributed by atoms with Crippen molar-refractivity contribution in [1.29, 1.82) is 0 Å². The molecule has 0 radical (unpaired) electrons. The summed E-state index contributed by atoms with van der Waals surface area (Å²) in [6.07, 6.45) is 5.15. The quantitative estimate of drug-likeness (QED) is 0.724. The van der Waals surface area contributed by atoms with Crippen molar-refractivity contribution < 1.29 is 0 Å². The maximum atomic E-state index is 5.09. The van der Waals surface area contributed by atoms with Gasteiger partial charge >= 0.3 is 0 Å². The van der Waals surface area contributed by atoms with Gasteiger partial charge in [0, 0.05) is 23.5 Å². The minimum absolute atomic E-state index is 0.627. The fourth-order valence-corrected chi connectivity index (χ4v) is 1.43. The van der Waals surface area contributed by atoms with Gasteiger partial charge in [-0.05, 0) is 19.1 Å². The van der Waals surface area contributed by atoms with Crippen LogP contribution in [0.15, 0.2) is 30.9 Å². The monoisotopic (exact) mass is 203 g/mol. The smallest absolute Gasteiger partial charge is 0.132 e. The fraction of sp³-hybridized carbons (Fsp3) is 0.100. The van der Waals surface area contributed by atoms with Crippen LogP contribution in [0.1, 0.15) is 5.56 Å². The largest absolute Gasteiger partial charge is 0.345 e. The number of aromatic nitrogens is 3. The van der Waals surface area contributed by atoms with Gasteiger partial charge in [0.1, 0.15) is 4.64 Å². The van der Waals surface area contributed by atoms with E-state index < -0.39 is 0 Å². The van der Waals surface area contributed by atoms with Gasteiger partial charge in [0.05, 0.1) is 12.0 Å². The van der Waals surface area contributed by atoms with Crippen LogP contribution >= 0.6 is 12.2 Å². The van der Waals surface area contributed by atoms with Crippen molar-refractivity contribution in [3.8, 4) is 11.3 Å². The minimum atomic E-state index is 0.627. The molecule has 4 heteroatoms. The van der Waals surface area contributed by atoms with Crippen LogP contribution in [0, 0.1) is 11.6 Å². The Balaban J connectivity index is 2.64. The molecule has 70 valence electrons. The van der Waals surface area contributed by atoms with E-state index in [-0.39, 0.29) is 0 Å². The molecule has 0 aromatic carbocycles. The van der Waals surface area contributed by atoms with E-state index in [2.05, 4.69) is 15.0 Å². The van der Waals surface area contributed by atoms with Crippen LogP contribution in [0.4, 0.5) is 0 Å². The van der Waals surface area contributed by atoms with E-state index in [9.17, 15) is 0 Å². The fourth-order valence-electron chi connectivity index (χ4n) is 1.28. The van der Waals surface area contributed by atoms with Gasteiger partial charge in [0.15, 0.2) is 0 Å². The topological polar surface area (TPSA) is 41.6 Å². The van der Waals surface area contributed by atoms with Crippen molar-refractivity contribution in [2.24, 2.45) is 0 Å². The van der Waals surface area contributed by atoms with Crippen LogP contribution < -0.4 is 0 Å². The predicted octanol–water partition coefficient (Wildman–Crippen LogP) is 2.51. The van der Waals surface area contributed by atoms with Crippen molar-refractivity contribution in [2.45, 2.75) is 6.92 Å². The van der Waals surface area contributed by atoms with Gasteiger partial charge in [-0.1, -0.05) is 12.2 Å². The molecule has 0 unspecified atom stereocenters. The Morgan fingerprint density at radius 1 is 1.43 bits per heavy atom. The number of aromatic amines is 1. The van der Waals surface area contributed by atoms with Gasteiger partial charge in [-0.2, -0.15) is 0 Å². The third-order valence-electron chi connectivity index (χ3n) is 2.04.